The molecular weight excluding hydrogens is 746 g/mol. The third-order valence-corrected chi connectivity index (χ3v) is 10.7. The predicted octanol–water partition coefficient (Wildman–Crippen LogP) is 5.55. The zero-order valence-electron chi connectivity index (χ0n) is 30.2. The van der Waals surface area contributed by atoms with E-state index >= 15 is 4.39 Å². The number of hydrogen-bond acceptors (Lipinski definition) is 9. The van der Waals surface area contributed by atoms with E-state index in [0.29, 0.717) is 48.7 Å². The number of benzene rings is 2. The number of piperidine rings is 1. The first-order valence-electron chi connectivity index (χ1n) is 17.4. The van der Waals surface area contributed by atoms with Gasteiger partial charge in [-0.3, -0.25) is 14.4 Å². The van der Waals surface area contributed by atoms with Crippen molar-refractivity contribution in [2.24, 2.45) is 0 Å². The number of alkyl halides is 3. The Morgan fingerprint density at radius 3 is 2.49 bits per heavy atom. The maximum absolute atomic E-state index is 15.6. The zero-order valence-corrected chi connectivity index (χ0v) is 31.0. The van der Waals surface area contributed by atoms with E-state index in [0.717, 1.165) is 16.6 Å². The number of likely N-dealkylation sites (tertiary alicyclic amines) is 1. The molecule has 2 aromatic carbocycles. The van der Waals surface area contributed by atoms with Gasteiger partial charge in [-0.2, -0.15) is 22.7 Å². The summed E-state index contributed by atoms with van der Waals surface area (Å²) < 4.78 is 58.0. The van der Waals surface area contributed by atoms with E-state index in [2.05, 4.69) is 25.4 Å². The molecule has 0 radical (unpaired) electrons. The molecule has 2 aliphatic rings. The van der Waals surface area contributed by atoms with Gasteiger partial charge in [0.2, 0.25) is 11.7 Å². The Hall–Kier alpha value is -5.42. The molecule has 1 aliphatic heterocycles. The summed E-state index contributed by atoms with van der Waals surface area (Å²) in [5.74, 6) is -2.48. The van der Waals surface area contributed by atoms with Gasteiger partial charge < -0.3 is 24.8 Å². The molecule has 3 aromatic heterocycles. The molecule has 55 heavy (non-hydrogen) atoms. The highest BCUT2D eigenvalue weighted by Crippen LogP contribution is 2.50. The molecule has 0 bridgehead atoms. The molecule has 1 atom stereocenters. The first-order chi connectivity index (χ1) is 26.0. The van der Waals surface area contributed by atoms with Crippen LogP contribution in [0, 0.1) is 12.7 Å². The molecule has 5 aromatic rings. The highest BCUT2D eigenvalue weighted by Gasteiger charge is 2.49. The zero-order chi connectivity index (χ0) is 39.6. The fourth-order valence-electron chi connectivity index (χ4n) is 7.83. The van der Waals surface area contributed by atoms with Gasteiger partial charge in [-0.1, -0.05) is 24.6 Å². The van der Waals surface area contributed by atoms with Gasteiger partial charge in [0, 0.05) is 36.3 Å². The number of carbonyl (C=O) groups excluding carboxylic acids is 2. The van der Waals surface area contributed by atoms with Crippen LogP contribution in [-0.4, -0.2) is 83.0 Å². The van der Waals surface area contributed by atoms with Crippen molar-refractivity contribution in [3.63, 3.8) is 0 Å². The van der Waals surface area contributed by atoms with E-state index < -0.39 is 46.9 Å². The Bertz CT molecular complexity index is 2420. The van der Waals surface area contributed by atoms with Crippen LogP contribution in [0.15, 0.2) is 47.5 Å². The van der Waals surface area contributed by atoms with Crippen LogP contribution in [0.5, 0.6) is 5.75 Å². The number of rotatable bonds is 7. The minimum Gasteiger partial charge on any atom is -0.504 e. The van der Waals surface area contributed by atoms with Crippen LogP contribution in [0.3, 0.4) is 0 Å². The number of carbonyl (C=O) groups is 2. The Balaban J connectivity index is 1.29. The minimum atomic E-state index is -4.64. The lowest BCUT2D eigenvalue weighted by atomic mass is 9.73. The number of nitrogens with zero attached hydrogens (tertiary/aromatic N) is 8. The number of aromatic hydroxyl groups is 1. The average Bonchev–Trinajstić information content (AvgIpc) is 3.68. The van der Waals surface area contributed by atoms with Crippen molar-refractivity contribution in [1.29, 1.82) is 0 Å². The largest absolute Gasteiger partial charge is 0.504 e. The molecule has 18 heteroatoms. The van der Waals surface area contributed by atoms with Gasteiger partial charge in [-0.25, -0.2) is 14.4 Å². The van der Waals surface area contributed by atoms with Gasteiger partial charge in [0.1, 0.15) is 18.7 Å². The van der Waals surface area contributed by atoms with Crippen molar-refractivity contribution < 1.29 is 32.3 Å². The summed E-state index contributed by atoms with van der Waals surface area (Å²) in [6, 6.07) is 7.19. The smallest absolute Gasteiger partial charge is 0.416 e. The van der Waals surface area contributed by atoms with E-state index in [1.807, 2.05) is 25.9 Å². The van der Waals surface area contributed by atoms with Gasteiger partial charge in [0.15, 0.2) is 17.3 Å². The third kappa shape index (κ3) is 6.90. The maximum atomic E-state index is 15.6. The number of nitrogens with one attached hydrogen (secondary N) is 1. The van der Waals surface area contributed by atoms with Gasteiger partial charge >= 0.3 is 6.18 Å². The SMILES string of the molecule is Cc1ncnc(C(=O)N2CCC3(CC2)CC(C)c2c3c(=O)n3nc(-c4ccc(CN(C)C)cc4F)nc3n2CC(=O)Nc2ccc(C(F)(F)F)cc2Cl)c1O. The van der Waals surface area contributed by atoms with E-state index in [1.54, 1.807) is 17.9 Å². The number of halogens is 5. The van der Waals surface area contributed by atoms with Gasteiger partial charge in [-0.15, -0.1) is 5.10 Å². The Labute approximate surface area is 316 Å². The molecule has 288 valence electrons. The number of aromatic nitrogens is 6. The van der Waals surface area contributed by atoms with E-state index in [4.69, 9.17) is 11.6 Å². The second kappa shape index (κ2) is 14.0. The average molecular weight is 782 g/mol. The number of aryl methyl sites for hydroxylation is 1. The lowest BCUT2D eigenvalue weighted by Crippen LogP contribution is -2.46. The summed E-state index contributed by atoms with van der Waals surface area (Å²) in [6.45, 7) is 3.96. The molecule has 0 saturated carbocycles. The molecule has 2 N–H and O–H groups in total. The van der Waals surface area contributed by atoms with Crippen LogP contribution in [0.2, 0.25) is 5.02 Å². The van der Waals surface area contributed by atoms with Crippen molar-refractivity contribution in [3.8, 4) is 17.1 Å². The molecule has 1 aliphatic carbocycles. The maximum Gasteiger partial charge on any atom is 0.416 e. The van der Waals surface area contributed by atoms with Crippen molar-refractivity contribution >= 4 is 34.9 Å². The minimum absolute atomic E-state index is 0.0321. The van der Waals surface area contributed by atoms with Crippen molar-refractivity contribution in [2.45, 2.75) is 63.7 Å². The second-order valence-corrected chi connectivity index (χ2v) is 14.8. The Morgan fingerprint density at radius 2 is 1.84 bits per heavy atom. The van der Waals surface area contributed by atoms with Crippen molar-refractivity contribution in [3.05, 3.63) is 97.7 Å². The number of amides is 2. The monoisotopic (exact) mass is 781 g/mol. The summed E-state index contributed by atoms with van der Waals surface area (Å²) in [5.41, 5.74) is -0.500. The molecule has 7 rings (SSSR count). The van der Waals surface area contributed by atoms with Gasteiger partial charge in [-0.05, 0) is 82.1 Å². The van der Waals surface area contributed by atoms with Crippen LogP contribution in [0.1, 0.15) is 70.7 Å². The molecule has 1 saturated heterocycles. The fraction of sp³-hybridized carbons (Fsp3) is 0.378. The normalized spacial score (nSPS) is 16.6. The summed E-state index contributed by atoms with van der Waals surface area (Å²) in [5, 5.41) is 17.2. The molecule has 4 heterocycles. The highest BCUT2D eigenvalue weighted by atomic mass is 35.5. The Morgan fingerprint density at radius 1 is 1.11 bits per heavy atom. The molecule has 2 amide bonds. The first-order valence-corrected chi connectivity index (χ1v) is 17.8. The van der Waals surface area contributed by atoms with Crippen LogP contribution in [0.25, 0.3) is 17.2 Å². The number of anilines is 1. The van der Waals surface area contributed by atoms with E-state index in [1.165, 1.54) is 23.0 Å². The lowest BCUT2D eigenvalue weighted by Gasteiger charge is -2.39. The summed E-state index contributed by atoms with van der Waals surface area (Å²) in [7, 11) is 3.70. The standard InChI is InChI=1S/C37H36ClF4N9O4/c1-19-15-36(9-11-49(12-10-36)34(55)29-31(53)20(2)43-18-44-29)28-30(19)50(17-27(52)45-26-8-6-22(14-24(26)38)37(40,41)42)35-46-32(47-51(35)33(28)54)23-7-5-21(13-25(23)39)16-48(3)4/h5-8,13-14,18-19,53H,9-12,15-17H2,1-4H3,(H,45,52). The summed E-state index contributed by atoms with van der Waals surface area (Å²) >= 11 is 6.15. The molecule has 1 unspecified atom stereocenters. The predicted molar refractivity (Wildman–Crippen MR) is 193 cm³/mol. The third-order valence-electron chi connectivity index (χ3n) is 10.3. The summed E-state index contributed by atoms with van der Waals surface area (Å²) in [6.07, 6.45) is -2.23. The Kier molecular flexibility index (Phi) is 9.65. The summed E-state index contributed by atoms with van der Waals surface area (Å²) in [4.78, 5) is 57.6. The van der Waals surface area contributed by atoms with Gasteiger partial charge in [0.25, 0.3) is 11.5 Å². The number of hydrogen-bond donors (Lipinski definition) is 2. The quantitative estimate of drug-likeness (QED) is 0.203. The van der Waals surface area contributed by atoms with E-state index in [9.17, 15) is 32.7 Å². The molecule has 1 fully saturated rings. The molecule has 1 spiro atoms. The molecular formula is C37H36ClF4N9O4. The van der Waals surface area contributed by atoms with Crippen molar-refractivity contribution in [2.75, 3.05) is 32.5 Å². The van der Waals surface area contributed by atoms with Crippen LogP contribution < -0.4 is 10.9 Å². The van der Waals surface area contributed by atoms with Crippen LogP contribution in [-0.2, 0) is 29.5 Å². The highest BCUT2D eigenvalue weighted by molar-refractivity contribution is 6.33. The topological polar surface area (TPSA) is 151 Å². The van der Waals surface area contributed by atoms with Crippen LogP contribution >= 0.6 is 11.6 Å². The lowest BCUT2D eigenvalue weighted by molar-refractivity contribution is -0.137. The number of fused-ring (bicyclic) bond motifs is 3. The van der Waals surface area contributed by atoms with Gasteiger partial charge in [0.05, 0.1) is 27.5 Å². The van der Waals surface area contributed by atoms with Crippen molar-refractivity contribution in [1.82, 2.24) is 38.9 Å². The fourth-order valence-corrected chi connectivity index (χ4v) is 8.06. The van der Waals surface area contributed by atoms with E-state index in [-0.39, 0.29) is 64.0 Å². The van der Waals surface area contributed by atoms with Crippen LogP contribution in [0.4, 0.5) is 23.2 Å². The first kappa shape index (κ1) is 37.9. The second-order valence-electron chi connectivity index (χ2n) is 14.4. The molecule has 13 nitrogen and oxygen atoms in total.